The first-order valence-electron chi connectivity index (χ1n) is 7.23. The first kappa shape index (κ1) is 15.1. The van der Waals surface area contributed by atoms with Crippen molar-refractivity contribution in [3.8, 4) is 0 Å². The van der Waals surface area contributed by atoms with Gasteiger partial charge in [0.15, 0.2) is 0 Å². The van der Waals surface area contributed by atoms with Crippen LogP contribution in [0.5, 0.6) is 0 Å². The molecule has 0 spiro atoms. The van der Waals surface area contributed by atoms with Gasteiger partial charge < -0.3 is 16.0 Å². The molecule has 0 bridgehead atoms. The van der Waals surface area contributed by atoms with Gasteiger partial charge in [0, 0.05) is 47.1 Å². The number of nitrogens with one attached hydrogen (secondary N) is 1. The van der Waals surface area contributed by atoms with E-state index in [9.17, 15) is 4.79 Å². The van der Waals surface area contributed by atoms with E-state index in [4.69, 9.17) is 5.73 Å². The second-order valence-electron chi connectivity index (χ2n) is 5.01. The van der Waals surface area contributed by atoms with Gasteiger partial charge in [-0.3, -0.25) is 9.78 Å². The highest BCUT2D eigenvalue weighted by Gasteiger charge is 2.13. The molecule has 1 aromatic carbocycles. The summed E-state index contributed by atoms with van der Waals surface area (Å²) in [6, 6.07) is 5.86. The van der Waals surface area contributed by atoms with Crippen molar-refractivity contribution in [2.75, 3.05) is 30.3 Å². The Labute approximate surface area is 125 Å². The SMILES string of the molecule is CCNC(=O)CN(CC)c1ccc(N)c2cnc(C)cc12. The van der Waals surface area contributed by atoms with Crippen LogP contribution in [-0.2, 0) is 4.79 Å². The predicted octanol–water partition coefficient (Wildman–Crippen LogP) is 2.09. The molecule has 1 aromatic heterocycles. The van der Waals surface area contributed by atoms with E-state index in [2.05, 4.69) is 10.3 Å². The van der Waals surface area contributed by atoms with Gasteiger partial charge in [0.1, 0.15) is 0 Å². The van der Waals surface area contributed by atoms with Crippen molar-refractivity contribution in [1.29, 1.82) is 0 Å². The van der Waals surface area contributed by atoms with E-state index >= 15 is 0 Å². The van der Waals surface area contributed by atoms with Crippen LogP contribution in [0.1, 0.15) is 19.5 Å². The molecule has 5 heteroatoms. The molecule has 0 fully saturated rings. The largest absolute Gasteiger partial charge is 0.398 e. The maximum atomic E-state index is 11.9. The van der Waals surface area contributed by atoms with Crippen molar-refractivity contribution in [1.82, 2.24) is 10.3 Å². The minimum Gasteiger partial charge on any atom is -0.398 e. The topological polar surface area (TPSA) is 71.2 Å². The highest BCUT2D eigenvalue weighted by Crippen LogP contribution is 2.30. The Morgan fingerprint density at radius 3 is 2.76 bits per heavy atom. The van der Waals surface area contributed by atoms with Crippen molar-refractivity contribution in [2.24, 2.45) is 0 Å². The van der Waals surface area contributed by atoms with Gasteiger partial charge in [0.2, 0.25) is 5.91 Å². The number of pyridine rings is 1. The van der Waals surface area contributed by atoms with Crippen molar-refractivity contribution < 1.29 is 4.79 Å². The summed E-state index contributed by atoms with van der Waals surface area (Å²) in [6.07, 6.45) is 1.80. The summed E-state index contributed by atoms with van der Waals surface area (Å²) in [7, 11) is 0. The summed E-state index contributed by atoms with van der Waals surface area (Å²) in [6.45, 7) is 7.63. The summed E-state index contributed by atoms with van der Waals surface area (Å²) in [5, 5.41) is 4.79. The van der Waals surface area contributed by atoms with Gasteiger partial charge >= 0.3 is 0 Å². The minimum absolute atomic E-state index is 0.0232. The number of rotatable bonds is 5. The standard InChI is InChI=1S/C16H22N4O/c1-4-18-16(21)10-20(5-2)15-7-6-14(17)13-9-19-11(3)8-12(13)15/h6-9H,4-5,10,17H2,1-3H3,(H,18,21). The van der Waals surface area contributed by atoms with Gasteiger partial charge in [-0.15, -0.1) is 0 Å². The van der Waals surface area contributed by atoms with Gasteiger partial charge in [-0.05, 0) is 39.0 Å². The van der Waals surface area contributed by atoms with E-state index in [-0.39, 0.29) is 5.91 Å². The smallest absolute Gasteiger partial charge is 0.239 e. The number of amides is 1. The Morgan fingerprint density at radius 2 is 2.10 bits per heavy atom. The Hall–Kier alpha value is -2.30. The van der Waals surface area contributed by atoms with Crippen LogP contribution in [0.4, 0.5) is 11.4 Å². The lowest BCUT2D eigenvalue weighted by Crippen LogP contribution is -2.37. The molecule has 0 aliphatic rings. The first-order chi connectivity index (χ1) is 10.1. The molecule has 1 heterocycles. The van der Waals surface area contributed by atoms with Crippen LogP contribution in [0.3, 0.4) is 0 Å². The molecule has 0 saturated heterocycles. The predicted molar refractivity (Wildman–Crippen MR) is 87.5 cm³/mol. The lowest BCUT2D eigenvalue weighted by Gasteiger charge is -2.24. The van der Waals surface area contributed by atoms with Crippen molar-refractivity contribution >= 4 is 28.1 Å². The molecule has 0 aliphatic heterocycles. The number of nitrogens with two attached hydrogens (primary N) is 1. The van der Waals surface area contributed by atoms with Crippen molar-refractivity contribution in [3.63, 3.8) is 0 Å². The summed E-state index contributed by atoms with van der Waals surface area (Å²) >= 11 is 0. The van der Waals surface area contributed by atoms with Crippen LogP contribution < -0.4 is 16.0 Å². The monoisotopic (exact) mass is 286 g/mol. The second-order valence-corrected chi connectivity index (χ2v) is 5.01. The average molecular weight is 286 g/mol. The molecule has 2 aromatic rings. The average Bonchev–Trinajstić information content (AvgIpc) is 2.46. The van der Waals surface area contributed by atoms with E-state index in [1.807, 2.05) is 43.9 Å². The molecule has 0 atom stereocenters. The van der Waals surface area contributed by atoms with E-state index < -0.39 is 0 Å². The third-order valence-electron chi connectivity index (χ3n) is 3.48. The second kappa shape index (κ2) is 6.43. The fourth-order valence-corrected chi connectivity index (χ4v) is 2.42. The fourth-order valence-electron chi connectivity index (χ4n) is 2.42. The quantitative estimate of drug-likeness (QED) is 0.826. The Balaban J connectivity index is 2.46. The molecule has 3 N–H and O–H groups in total. The van der Waals surface area contributed by atoms with E-state index in [1.54, 1.807) is 6.20 Å². The fraction of sp³-hybridized carbons (Fsp3) is 0.375. The first-order valence-corrected chi connectivity index (χ1v) is 7.23. The number of nitrogen functional groups attached to an aromatic ring is 1. The number of aromatic nitrogens is 1. The lowest BCUT2D eigenvalue weighted by atomic mass is 10.1. The third-order valence-corrected chi connectivity index (χ3v) is 3.48. The van der Waals surface area contributed by atoms with Crippen LogP contribution in [0, 0.1) is 6.92 Å². The zero-order chi connectivity index (χ0) is 15.4. The van der Waals surface area contributed by atoms with Crippen LogP contribution in [0.2, 0.25) is 0 Å². The Bertz CT molecular complexity index is 654. The molecule has 2 rings (SSSR count). The number of carbonyl (C=O) groups is 1. The molecule has 21 heavy (non-hydrogen) atoms. The Morgan fingerprint density at radius 1 is 1.33 bits per heavy atom. The normalized spacial score (nSPS) is 10.6. The lowest BCUT2D eigenvalue weighted by molar-refractivity contribution is -0.119. The number of carbonyl (C=O) groups excluding carboxylic acids is 1. The van der Waals surface area contributed by atoms with Crippen LogP contribution in [0.15, 0.2) is 24.4 Å². The maximum Gasteiger partial charge on any atom is 0.239 e. The number of hydrogen-bond donors (Lipinski definition) is 2. The zero-order valence-corrected chi connectivity index (χ0v) is 12.8. The molecule has 0 unspecified atom stereocenters. The van der Waals surface area contributed by atoms with E-state index in [0.29, 0.717) is 18.8 Å². The van der Waals surface area contributed by atoms with Gasteiger partial charge in [0.25, 0.3) is 0 Å². The van der Waals surface area contributed by atoms with E-state index in [1.165, 1.54) is 0 Å². The Kier molecular flexibility index (Phi) is 4.62. The summed E-state index contributed by atoms with van der Waals surface area (Å²) in [5.41, 5.74) is 8.68. The third kappa shape index (κ3) is 3.24. The molecular formula is C16H22N4O. The minimum atomic E-state index is 0.0232. The zero-order valence-electron chi connectivity index (χ0n) is 12.8. The molecule has 0 radical (unpaired) electrons. The number of fused-ring (bicyclic) bond motifs is 1. The number of aryl methyl sites for hydroxylation is 1. The summed E-state index contributed by atoms with van der Waals surface area (Å²) in [5.74, 6) is 0.0232. The number of benzene rings is 1. The highest BCUT2D eigenvalue weighted by molar-refractivity contribution is 6.01. The van der Waals surface area contributed by atoms with Crippen LogP contribution >= 0.6 is 0 Å². The van der Waals surface area contributed by atoms with Crippen molar-refractivity contribution in [3.05, 3.63) is 30.1 Å². The number of hydrogen-bond acceptors (Lipinski definition) is 4. The van der Waals surface area contributed by atoms with Gasteiger partial charge in [-0.2, -0.15) is 0 Å². The van der Waals surface area contributed by atoms with Crippen LogP contribution in [0.25, 0.3) is 10.8 Å². The molecule has 0 aliphatic carbocycles. The maximum absolute atomic E-state index is 11.9. The molecule has 112 valence electrons. The van der Waals surface area contributed by atoms with Crippen molar-refractivity contribution in [2.45, 2.75) is 20.8 Å². The van der Waals surface area contributed by atoms with Gasteiger partial charge in [-0.25, -0.2) is 0 Å². The number of nitrogens with zero attached hydrogens (tertiary/aromatic N) is 2. The summed E-state index contributed by atoms with van der Waals surface area (Å²) in [4.78, 5) is 18.2. The van der Waals surface area contributed by atoms with Gasteiger partial charge in [-0.1, -0.05) is 0 Å². The highest BCUT2D eigenvalue weighted by atomic mass is 16.2. The molecular weight excluding hydrogens is 264 g/mol. The molecule has 0 saturated carbocycles. The number of likely N-dealkylation sites (N-methyl/N-ethyl adjacent to an activating group) is 2. The molecule has 5 nitrogen and oxygen atoms in total. The molecule has 1 amide bonds. The van der Waals surface area contributed by atoms with Gasteiger partial charge in [0.05, 0.1) is 6.54 Å². The van der Waals surface area contributed by atoms with Crippen LogP contribution in [-0.4, -0.2) is 30.5 Å². The number of anilines is 2. The van der Waals surface area contributed by atoms with E-state index in [0.717, 1.165) is 28.7 Å². The summed E-state index contributed by atoms with van der Waals surface area (Å²) < 4.78 is 0.